The van der Waals surface area contributed by atoms with E-state index in [9.17, 15) is 4.79 Å². The third kappa shape index (κ3) is 3.22. The van der Waals surface area contributed by atoms with Crippen LogP contribution in [0, 0.1) is 5.92 Å². The van der Waals surface area contributed by atoms with Gasteiger partial charge in [-0.05, 0) is 22.0 Å². The van der Waals surface area contributed by atoms with Gasteiger partial charge in [0, 0.05) is 35.6 Å². The molecule has 1 aliphatic heterocycles. The van der Waals surface area contributed by atoms with E-state index in [1.54, 1.807) is 6.20 Å². The molecule has 18 heavy (non-hydrogen) atoms. The standard InChI is InChI=1S/C13H17BrN2O2/c1-9(2)13(17)16-6-5-11(8-16)18-12-4-3-10(14)7-15-12/h3-4,7,9,11H,5-6,8H2,1-2H3. The predicted octanol–water partition coefficient (Wildman–Crippen LogP) is 2.48. The molecule has 1 unspecified atom stereocenters. The molecule has 0 spiro atoms. The molecule has 2 rings (SSSR count). The maximum absolute atomic E-state index is 11.8. The lowest BCUT2D eigenvalue weighted by molar-refractivity contribution is -0.133. The summed E-state index contributed by atoms with van der Waals surface area (Å²) in [6.07, 6.45) is 2.64. The van der Waals surface area contributed by atoms with Gasteiger partial charge in [0.2, 0.25) is 11.8 Å². The number of pyridine rings is 1. The highest BCUT2D eigenvalue weighted by molar-refractivity contribution is 9.10. The number of hydrogen-bond acceptors (Lipinski definition) is 3. The monoisotopic (exact) mass is 312 g/mol. The largest absolute Gasteiger partial charge is 0.472 e. The molecular formula is C13H17BrN2O2. The number of rotatable bonds is 3. The molecule has 0 aromatic carbocycles. The topological polar surface area (TPSA) is 42.4 Å². The van der Waals surface area contributed by atoms with Crippen molar-refractivity contribution in [3.63, 3.8) is 0 Å². The van der Waals surface area contributed by atoms with Crippen molar-refractivity contribution in [3.05, 3.63) is 22.8 Å². The summed E-state index contributed by atoms with van der Waals surface area (Å²) in [5, 5.41) is 0. The zero-order valence-corrected chi connectivity index (χ0v) is 12.2. The Morgan fingerprint density at radius 2 is 2.33 bits per heavy atom. The summed E-state index contributed by atoms with van der Waals surface area (Å²) in [7, 11) is 0. The van der Waals surface area contributed by atoms with Crippen LogP contribution in [0.3, 0.4) is 0 Å². The van der Waals surface area contributed by atoms with Crippen LogP contribution >= 0.6 is 15.9 Å². The molecule has 1 saturated heterocycles. The molecule has 5 heteroatoms. The summed E-state index contributed by atoms with van der Waals surface area (Å²) in [5.74, 6) is 0.862. The molecule has 1 fully saturated rings. The van der Waals surface area contributed by atoms with Gasteiger partial charge in [-0.3, -0.25) is 4.79 Å². The molecule has 1 aromatic heterocycles. The van der Waals surface area contributed by atoms with Gasteiger partial charge < -0.3 is 9.64 Å². The van der Waals surface area contributed by atoms with E-state index in [2.05, 4.69) is 20.9 Å². The maximum Gasteiger partial charge on any atom is 0.225 e. The maximum atomic E-state index is 11.8. The van der Waals surface area contributed by atoms with E-state index < -0.39 is 0 Å². The summed E-state index contributed by atoms with van der Waals surface area (Å²) >= 11 is 3.33. The van der Waals surface area contributed by atoms with Crippen LogP contribution in [0.4, 0.5) is 0 Å². The number of carbonyl (C=O) groups is 1. The van der Waals surface area contributed by atoms with Crippen molar-refractivity contribution < 1.29 is 9.53 Å². The predicted molar refractivity (Wildman–Crippen MR) is 72.4 cm³/mol. The number of likely N-dealkylation sites (tertiary alicyclic amines) is 1. The normalized spacial score (nSPS) is 19.3. The molecule has 1 aliphatic rings. The molecule has 0 saturated carbocycles. The van der Waals surface area contributed by atoms with Crippen LogP contribution in [0.15, 0.2) is 22.8 Å². The molecule has 1 amide bonds. The fraction of sp³-hybridized carbons (Fsp3) is 0.538. The first-order valence-corrected chi connectivity index (χ1v) is 6.92. The first-order chi connectivity index (χ1) is 8.56. The van der Waals surface area contributed by atoms with Gasteiger partial charge in [0.05, 0.1) is 6.54 Å². The lowest BCUT2D eigenvalue weighted by Crippen LogP contribution is -2.33. The smallest absolute Gasteiger partial charge is 0.225 e. The molecule has 1 atom stereocenters. The number of carbonyl (C=O) groups excluding carboxylic acids is 1. The fourth-order valence-corrected chi connectivity index (χ4v) is 2.23. The number of nitrogens with zero attached hydrogens (tertiary/aromatic N) is 2. The lowest BCUT2D eigenvalue weighted by atomic mass is 10.2. The molecule has 0 bridgehead atoms. The van der Waals surface area contributed by atoms with Crippen molar-refractivity contribution >= 4 is 21.8 Å². The van der Waals surface area contributed by atoms with Crippen molar-refractivity contribution in [2.45, 2.75) is 26.4 Å². The van der Waals surface area contributed by atoms with Crippen LogP contribution < -0.4 is 4.74 Å². The van der Waals surface area contributed by atoms with E-state index in [1.165, 1.54) is 0 Å². The zero-order chi connectivity index (χ0) is 13.1. The molecular weight excluding hydrogens is 296 g/mol. The molecule has 1 aromatic rings. The number of amides is 1. The first kappa shape index (κ1) is 13.3. The molecule has 0 radical (unpaired) electrons. The van der Waals surface area contributed by atoms with Crippen LogP contribution in [0.25, 0.3) is 0 Å². The first-order valence-electron chi connectivity index (χ1n) is 6.13. The minimum absolute atomic E-state index is 0.0505. The molecule has 98 valence electrons. The number of aromatic nitrogens is 1. The van der Waals surface area contributed by atoms with Crippen molar-refractivity contribution in [2.24, 2.45) is 5.92 Å². The summed E-state index contributed by atoms with van der Waals surface area (Å²) in [6, 6.07) is 3.73. The number of halogens is 1. The summed E-state index contributed by atoms with van der Waals surface area (Å²) in [4.78, 5) is 17.9. The van der Waals surface area contributed by atoms with Crippen LogP contribution in [0.2, 0.25) is 0 Å². The second-order valence-corrected chi connectivity index (χ2v) is 5.70. The lowest BCUT2D eigenvalue weighted by Gasteiger charge is -2.18. The van der Waals surface area contributed by atoms with E-state index in [0.29, 0.717) is 12.4 Å². The van der Waals surface area contributed by atoms with Crippen molar-refractivity contribution in [3.8, 4) is 5.88 Å². The summed E-state index contributed by atoms with van der Waals surface area (Å²) in [5.41, 5.74) is 0. The quantitative estimate of drug-likeness (QED) is 0.861. The van der Waals surface area contributed by atoms with E-state index in [4.69, 9.17) is 4.74 Å². The third-order valence-corrected chi connectivity index (χ3v) is 3.41. The fourth-order valence-electron chi connectivity index (χ4n) is 1.99. The van der Waals surface area contributed by atoms with E-state index >= 15 is 0 Å². The highest BCUT2D eigenvalue weighted by atomic mass is 79.9. The van der Waals surface area contributed by atoms with Gasteiger partial charge in [-0.15, -0.1) is 0 Å². The number of ether oxygens (including phenoxy) is 1. The van der Waals surface area contributed by atoms with Gasteiger partial charge in [-0.1, -0.05) is 13.8 Å². The van der Waals surface area contributed by atoms with Gasteiger partial charge in [0.25, 0.3) is 0 Å². The van der Waals surface area contributed by atoms with E-state index in [0.717, 1.165) is 17.4 Å². The number of hydrogen-bond donors (Lipinski definition) is 0. The van der Waals surface area contributed by atoms with Crippen LogP contribution in [-0.4, -0.2) is 35.0 Å². The zero-order valence-electron chi connectivity index (χ0n) is 10.6. The second kappa shape index (κ2) is 5.69. The highest BCUT2D eigenvalue weighted by Gasteiger charge is 2.28. The third-order valence-electron chi connectivity index (χ3n) is 2.94. The van der Waals surface area contributed by atoms with Crippen LogP contribution in [0.1, 0.15) is 20.3 Å². The van der Waals surface area contributed by atoms with Crippen molar-refractivity contribution in [1.29, 1.82) is 0 Å². The van der Waals surface area contributed by atoms with Crippen LogP contribution in [0.5, 0.6) is 5.88 Å². The second-order valence-electron chi connectivity index (χ2n) is 4.78. The Kier molecular flexibility index (Phi) is 4.22. The molecule has 0 aliphatic carbocycles. The summed E-state index contributed by atoms with van der Waals surface area (Å²) in [6.45, 7) is 5.28. The SMILES string of the molecule is CC(C)C(=O)N1CCC(Oc2ccc(Br)cn2)C1. The minimum Gasteiger partial charge on any atom is -0.472 e. The Balaban J connectivity index is 1.90. The average molecular weight is 313 g/mol. The summed E-state index contributed by atoms with van der Waals surface area (Å²) < 4.78 is 6.69. The molecule has 0 N–H and O–H groups in total. The Hall–Kier alpha value is -1.10. The van der Waals surface area contributed by atoms with Gasteiger partial charge in [0.1, 0.15) is 6.10 Å². The average Bonchev–Trinajstić information content (AvgIpc) is 2.79. The van der Waals surface area contributed by atoms with E-state index in [-0.39, 0.29) is 17.9 Å². The van der Waals surface area contributed by atoms with Crippen LogP contribution in [-0.2, 0) is 4.79 Å². The Morgan fingerprint density at radius 3 is 2.94 bits per heavy atom. The Labute approximate surface area is 115 Å². The minimum atomic E-state index is 0.0505. The molecule has 2 heterocycles. The van der Waals surface area contributed by atoms with Gasteiger partial charge in [0.15, 0.2) is 0 Å². The Morgan fingerprint density at radius 1 is 1.56 bits per heavy atom. The Bertz CT molecular complexity index is 420. The van der Waals surface area contributed by atoms with Gasteiger partial charge >= 0.3 is 0 Å². The van der Waals surface area contributed by atoms with E-state index in [1.807, 2.05) is 30.9 Å². The molecule has 4 nitrogen and oxygen atoms in total. The van der Waals surface area contributed by atoms with Crippen molar-refractivity contribution in [2.75, 3.05) is 13.1 Å². The van der Waals surface area contributed by atoms with Gasteiger partial charge in [-0.25, -0.2) is 4.98 Å². The van der Waals surface area contributed by atoms with Gasteiger partial charge in [-0.2, -0.15) is 0 Å². The highest BCUT2D eigenvalue weighted by Crippen LogP contribution is 2.19. The van der Waals surface area contributed by atoms with Crippen molar-refractivity contribution in [1.82, 2.24) is 9.88 Å².